The predicted octanol–water partition coefficient (Wildman–Crippen LogP) is 1.14. The summed E-state index contributed by atoms with van der Waals surface area (Å²) in [6.07, 6.45) is 8.97. The second-order valence-electron chi connectivity index (χ2n) is 3.01. The Balaban J connectivity index is 2.23. The normalized spacial score (nSPS) is 24.8. The van der Waals surface area contributed by atoms with E-state index in [1.54, 1.807) is 0 Å². The summed E-state index contributed by atoms with van der Waals surface area (Å²) in [5.41, 5.74) is 0.857. The molecule has 1 heterocycles. The number of allylic oxidation sites excluding steroid dienone is 2. The second kappa shape index (κ2) is 2.13. The monoisotopic (exact) mass is 145 g/mol. The highest BCUT2D eigenvalue weighted by molar-refractivity contribution is 5.36. The molecule has 11 heavy (non-hydrogen) atoms. The van der Waals surface area contributed by atoms with Crippen LogP contribution in [-0.2, 0) is 0 Å². The van der Waals surface area contributed by atoms with Crippen LogP contribution in [0.2, 0.25) is 0 Å². The first-order valence-corrected chi connectivity index (χ1v) is 3.81. The highest BCUT2D eigenvalue weighted by atomic mass is 14.8. The first-order valence-electron chi connectivity index (χ1n) is 3.81. The number of nitrogens with zero attached hydrogens (tertiary/aromatic N) is 1. The molecule has 1 fully saturated rings. The fourth-order valence-corrected chi connectivity index (χ4v) is 1.27. The second-order valence-corrected chi connectivity index (χ2v) is 3.01. The summed E-state index contributed by atoms with van der Waals surface area (Å²) >= 11 is 0. The molecule has 1 N–H and O–H groups in total. The van der Waals surface area contributed by atoms with Crippen LogP contribution in [0.25, 0.3) is 0 Å². The SMILES string of the molecule is N#CC1(C2=CNCC=[C]2)CC1. The lowest BCUT2D eigenvalue weighted by atomic mass is 9.97. The van der Waals surface area contributed by atoms with Gasteiger partial charge in [0, 0.05) is 12.7 Å². The zero-order valence-electron chi connectivity index (χ0n) is 6.22. The molecule has 0 saturated heterocycles. The molecule has 1 aliphatic heterocycles. The predicted molar refractivity (Wildman–Crippen MR) is 41.2 cm³/mol. The molecule has 1 saturated carbocycles. The average molecular weight is 145 g/mol. The van der Waals surface area contributed by atoms with Crippen LogP contribution in [0.15, 0.2) is 17.8 Å². The first kappa shape index (κ1) is 6.48. The minimum Gasteiger partial charge on any atom is -0.387 e. The molecule has 2 aliphatic rings. The maximum Gasteiger partial charge on any atom is 0.0843 e. The summed E-state index contributed by atoms with van der Waals surface area (Å²) in [6, 6.07) is 2.33. The van der Waals surface area contributed by atoms with E-state index in [1.165, 1.54) is 0 Å². The Morgan fingerprint density at radius 2 is 2.45 bits per heavy atom. The van der Waals surface area contributed by atoms with Crippen LogP contribution < -0.4 is 5.32 Å². The van der Waals surface area contributed by atoms with Gasteiger partial charge in [-0.15, -0.1) is 0 Å². The molecular formula is C9H9N2. The molecule has 0 aromatic carbocycles. The van der Waals surface area contributed by atoms with E-state index in [9.17, 15) is 0 Å². The van der Waals surface area contributed by atoms with Crippen LogP contribution in [0, 0.1) is 22.8 Å². The molecule has 0 amide bonds. The summed E-state index contributed by atoms with van der Waals surface area (Å²) < 4.78 is 0. The fourth-order valence-electron chi connectivity index (χ4n) is 1.27. The molecule has 0 aromatic rings. The van der Waals surface area contributed by atoms with Crippen molar-refractivity contribution >= 4 is 0 Å². The first-order chi connectivity index (χ1) is 5.37. The lowest BCUT2D eigenvalue weighted by Crippen LogP contribution is -2.13. The molecule has 0 bridgehead atoms. The fraction of sp³-hybridized carbons (Fsp3) is 0.444. The van der Waals surface area contributed by atoms with Crippen LogP contribution in [0.5, 0.6) is 0 Å². The summed E-state index contributed by atoms with van der Waals surface area (Å²) in [4.78, 5) is 0. The molecular weight excluding hydrogens is 136 g/mol. The van der Waals surface area contributed by atoms with Crippen LogP contribution in [-0.4, -0.2) is 6.54 Å². The third-order valence-electron chi connectivity index (χ3n) is 2.20. The van der Waals surface area contributed by atoms with Gasteiger partial charge < -0.3 is 5.32 Å². The molecule has 2 nitrogen and oxygen atoms in total. The Labute approximate surface area is 66.2 Å². The molecule has 1 radical (unpaired) electrons. The number of nitrogens with one attached hydrogen (secondary N) is 1. The van der Waals surface area contributed by atoms with Gasteiger partial charge in [-0.2, -0.15) is 5.26 Å². The van der Waals surface area contributed by atoms with Gasteiger partial charge in [-0.1, -0.05) is 6.08 Å². The van der Waals surface area contributed by atoms with Gasteiger partial charge in [-0.3, -0.25) is 0 Å². The number of hydrogen-bond donors (Lipinski definition) is 1. The zero-order chi connectivity index (χ0) is 7.73. The largest absolute Gasteiger partial charge is 0.387 e. The van der Waals surface area contributed by atoms with E-state index in [0.717, 1.165) is 25.0 Å². The third-order valence-corrected chi connectivity index (χ3v) is 2.20. The summed E-state index contributed by atoms with van der Waals surface area (Å²) in [5, 5.41) is 11.9. The van der Waals surface area contributed by atoms with E-state index in [-0.39, 0.29) is 5.41 Å². The van der Waals surface area contributed by atoms with Crippen molar-refractivity contribution in [2.45, 2.75) is 12.8 Å². The van der Waals surface area contributed by atoms with Crippen LogP contribution in [0.4, 0.5) is 0 Å². The quantitative estimate of drug-likeness (QED) is 0.600. The number of dihydropyridines is 1. The van der Waals surface area contributed by atoms with Crippen molar-refractivity contribution in [3.8, 4) is 6.07 Å². The van der Waals surface area contributed by atoms with Gasteiger partial charge in [0.05, 0.1) is 11.5 Å². The lowest BCUT2D eigenvalue weighted by molar-refractivity contribution is 0.784. The number of nitriles is 1. The molecule has 0 spiro atoms. The molecule has 2 heteroatoms. The Kier molecular flexibility index (Phi) is 1.25. The van der Waals surface area contributed by atoms with Crippen LogP contribution >= 0.6 is 0 Å². The molecule has 1 aliphatic carbocycles. The maximum absolute atomic E-state index is 8.84. The van der Waals surface area contributed by atoms with Crippen molar-refractivity contribution in [1.29, 1.82) is 5.26 Å². The lowest BCUT2D eigenvalue weighted by Gasteiger charge is -2.10. The zero-order valence-corrected chi connectivity index (χ0v) is 6.22. The molecule has 0 aromatic heterocycles. The number of rotatable bonds is 1. The van der Waals surface area contributed by atoms with Gasteiger partial charge in [0.25, 0.3) is 0 Å². The van der Waals surface area contributed by atoms with Gasteiger partial charge in [0.2, 0.25) is 0 Å². The van der Waals surface area contributed by atoms with Gasteiger partial charge in [-0.25, -0.2) is 0 Å². The molecule has 55 valence electrons. The highest BCUT2D eigenvalue weighted by Crippen LogP contribution is 2.51. The smallest absolute Gasteiger partial charge is 0.0843 e. The van der Waals surface area contributed by atoms with Gasteiger partial charge in [-0.05, 0) is 24.5 Å². The minimum absolute atomic E-state index is 0.177. The Bertz CT molecular complexity index is 264. The Hall–Kier alpha value is -1.23. The van der Waals surface area contributed by atoms with Crippen molar-refractivity contribution < 1.29 is 0 Å². The van der Waals surface area contributed by atoms with Gasteiger partial charge >= 0.3 is 0 Å². The summed E-state index contributed by atoms with van der Waals surface area (Å²) in [7, 11) is 0. The van der Waals surface area contributed by atoms with Crippen molar-refractivity contribution in [3.05, 3.63) is 23.9 Å². The number of hydrogen-bond acceptors (Lipinski definition) is 2. The van der Waals surface area contributed by atoms with Gasteiger partial charge in [0.15, 0.2) is 0 Å². The molecule has 0 unspecified atom stereocenters. The summed E-state index contributed by atoms with van der Waals surface area (Å²) in [6.45, 7) is 0.838. The van der Waals surface area contributed by atoms with E-state index in [1.807, 2.05) is 12.3 Å². The molecule has 0 atom stereocenters. The van der Waals surface area contributed by atoms with Crippen molar-refractivity contribution in [3.63, 3.8) is 0 Å². The van der Waals surface area contributed by atoms with Crippen molar-refractivity contribution in [2.75, 3.05) is 6.54 Å². The third kappa shape index (κ3) is 0.932. The summed E-state index contributed by atoms with van der Waals surface area (Å²) in [5.74, 6) is 0. The van der Waals surface area contributed by atoms with E-state index < -0.39 is 0 Å². The van der Waals surface area contributed by atoms with E-state index in [4.69, 9.17) is 5.26 Å². The Morgan fingerprint density at radius 1 is 1.64 bits per heavy atom. The maximum atomic E-state index is 8.84. The average Bonchev–Trinajstić information content (AvgIpc) is 2.86. The van der Waals surface area contributed by atoms with Gasteiger partial charge in [0.1, 0.15) is 0 Å². The van der Waals surface area contributed by atoms with Crippen LogP contribution in [0.3, 0.4) is 0 Å². The minimum atomic E-state index is -0.177. The topological polar surface area (TPSA) is 35.8 Å². The highest BCUT2D eigenvalue weighted by Gasteiger charge is 2.46. The van der Waals surface area contributed by atoms with Crippen molar-refractivity contribution in [2.24, 2.45) is 5.41 Å². The van der Waals surface area contributed by atoms with Crippen LogP contribution in [0.1, 0.15) is 12.8 Å². The van der Waals surface area contributed by atoms with E-state index in [2.05, 4.69) is 17.5 Å². The standard InChI is InChI=1S/C9H9N2/c10-7-9(3-4-9)8-2-1-5-11-6-8/h1,6,11H,3-5H2. The van der Waals surface area contributed by atoms with E-state index >= 15 is 0 Å². The van der Waals surface area contributed by atoms with E-state index in [0.29, 0.717) is 0 Å². The molecule has 2 rings (SSSR count). The Morgan fingerprint density at radius 3 is 2.91 bits per heavy atom. The van der Waals surface area contributed by atoms with Crippen molar-refractivity contribution in [1.82, 2.24) is 5.32 Å².